The summed E-state index contributed by atoms with van der Waals surface area (Å²) in [5, 5.41) is 8.65. The molecule has 1 N–H and O–H groups in total. The Kier molecular flexibility index (Phi) is 4.46. The van der Waals surface area contributed by atoms with Crippen LogP contribution in [0.15, 0.2) is 24.3 Å². The molecule has 0 aromatic heterocycles. The van der Waals surface area contributed by atoms with Gasteiger partial charge in [0, 0.05) is 24.7 Å². The van der Waals surface area contributed by atoms with E-state index < -0.39 is 5.97 Å². The van der Waals surface area contributed by atoms with Gasteiger partial charge in [-0.25, -0.2) is 4.79 Å². The number of amides is 1. The highest BCUT2D eigenvalue weighted by atomic mass is 16.4. The van der Waals surface area contributed by atoms with Gasteiger partial charge in [-0.2, -0.15) is 0 Å². The third-order valence-corrected chi connectivity index (χ3v) is 4.20. The predicted molar refractivity (Wildman–Crippen MR) is 82.1 cm³/mol. The van der Waals surface area contributed by atoms with Crippen LogP contribution in [-0.4, -0.2) is 35.0 Å². The second-order valence-electron chi connectivity index (χ2n) is 5.91. The van der Waals surface area contributed by atoms with Crippen LogP contribution in [0.25, 0.3) is 6.08 Å². The standard InChI is InChI=1S/C17H21NO3/c1-11-8-15(5-4-14(11)6-7-16(19)20)17(21)18-9-12(2)13(3)10-18/h4-8,12-13H,9-10H2,1-3H3,(H,19,20)/b7-6+. The van der Waals surface area contributed by atoms with Gasteiger partial charge in [-0.05, 0) is 48.1 Å². The molecule has 2 atom stereocenters. The summed E-state index contributed by atoms with van der Waals surface area (Å²) in [6, 6.07) is 5.40. The zero-order chi connectivity index (χ0) is 15.6. The molecule has 112 valence electrons. The molecule has 1 saturated heterocycles. The van der Waals surface area contributed by atoms with E-state index in [0.29, 0.717) is 17.4 Å². The van der Waals surface area contributed by atoms with Gasteiger partial charge in [-0.1, -0.05) is 19.9 Å². The lowest BCUT2D eigenvalue weighted by Gasteiger charge is -2.16. The maximum absolute atomic E-state index is 12.5. The highest BCUT2D eigenvalue weighted by Crippen LogP contribution is 2.24. The molecule has 0 bridgehead atoms. The fourth-order valence-electron chi connectivity index (χ4n) is 2.63. The second-order valence-corrected chi connectivity index (χ2v) is 5.91. The highest BCUT2D eigenvalue weighted by Gasteiger charge is 2.29. The topological polar surface area (TPSA) is 57.6 Å². The molecule has 1 aliphatic rings. The Labute approximate surface area is 125 Å². The van der Waals surface area contributed by atoms with E-state index in [9.17, 15) is 9.59 Å². The van der Waals surface area contributed by atoms with Crippen molar-refractivity contribution in [2.24, 2.45) is 11.8 Å². The van der Waals surface area contributed by atoms with Gasteiger partial charge in [0.25, 0.3) is 5.91 Å². The van der Waals surface area contributed by atoms with E-state index >= 15 is 0 Å². The van der Waals surface area contributed by atoms with E-state index in [-0.39, 0.29) is 5.91 Å². The summed E-state index contributed by atoms with van der Waals surface area (Å²) in [6.07, 6.45) is 2.65. The Bertz CT molecular complexity index is 582. The lowest BCUT2D eigenvalue weighted by molar-refractivity contribution is -0.131. The van der Waals surface area contributed by atoms with Gasteiger partial charge in [0.05, 0.1) is 0 Å². The average molecular weight is 287 g/mol. The SMILES string of the molecule is Cc1cc(C(=O)N2CC(C)C(C)C2)ccc1/C=C/C(=O)O. The van der Waals surface area contributed by atoms with E-state index in [1.807, 2.05) is 17.9 Å². The van der Waals surface area contributed by atoms with E-state index in [4.69, 9.17) is 5.11 Å². The molecule has 1 aromatic rings. The molecule has 1 aliphatic heterocycles. The van der Waals surface area contributed by atoms with Crippen LogP contribution in [0.1, 0.15) is 35.3 Å². The number of aliphatic carboxylic acids is 1. The second kappa shape index (κ2) is 6.12. The number of aryl methyl sites for hydroxylation is 1. The van der Waals surface area contributed by atoms with Crippen LogP contribution < -0.4 is 0 Å². The Morgan fingerprint density at radius 3 is 2.38 bits per heavy atom. The smallest absolute Gasteiger partial charge is 0.328 e. The minimum atomic E-state index is -0.977. The highest BCUT2D eigenvalue weighted by molar-refractivity contribution is 5.95. The van der Waals surface area contributed by atoms with Gasteiger partial charge in [0.15, 0.2) is 0 Å². The van der Waals surface area contributed by atoms with Crippen molar-refractivity contribution >= 4 is 18.0 Å². The quantitative estimate of drug-likeness (QED) is 0.870. The molecule has 0 aliphatic carbocycles. The summed E-state index contributed by atoms with van der Waals surface area (Å²) in [6.45, 7) is 7.83. The van der Waals surface area contributed by atoms with Crippen molar-refractivity contribution < 1.29 is 14.7 Å². The van der Waals surface area contributed by atoms with E-state index in [0.717, 1.165) is 30.3 Å². The molecular formula is C17H21NO3. The summed E-state index contributed by atoms with van der Waals surface area (Å²) in [7, 11) is 0. The Hall–Kier alpha value is -2.10. The summed E-state index contributed by atoms with van der Waals surface area (Å²) in [5.41, 5.74) is 2.39. The molecule has 1 heterocycles. The summed E-state index contributed by atoms with van der Waals surface area (Å²) < 4.78 is 0. The molecule has 4 nitrogen and oxygen atoms in total. The predicted octanol–water partition coefficient (Wildman–Crippen LogP) is 2.82. The minimum absolute atomic E-state index is 0.0584. The summed E-state index contributed by atoms with van der Waals surface area (Å²) >= 11 is 0. The lowest BCUT2D eigenvalue weighted by Crippen LogP contribution is -2.28. The zero-order valence-corrected chi connectivity index (χ0v) is 12.7. The number of carboxylic acid groups (broad SMARTS) is 1. The Morgan fingerprint density at radius 2 is 1.86 bits per heavy atom. The third kappa shape index (κ3) is 3.51. The zero-order valence-electron chi connectivity index (χ0n) is 12.7. The fourth-order valence-corrected chi connectivity index (χ4v) is 2.63. The Morgan fingerprint density at radius 1 is 1.24 bits per heavy atom. The van der Waals surface area contributed by atoms with Crippen LogP contribution >= 0.6 is 0 Å². The van der Waals surface area contributed by atoms with E-state index in [1.54, 1.807) is 18.2 Å². The van der Waals surface area contributed by atoms with Crippen molar-refractivity contribution in [1.82, 2.24) is 4.90 Å². The number of nitrogens with zero attached hydrogens (tertiary/aromatic N) is 1. The van der Waals surface area contributed by atoms with Crippen molar-refractivity contribution in [2.75, 3.05) is 13.1 Å². The molecule has 1 amide bonds. The number of rotatable bonds is 3. The first-order chi connectivity index (χ1) is 9.88. The monoisotopic (exact) mass is 287 g/mol. The first-order valence-corrected chi connectivity index (χ1v) is 7.19. The molecule has 4 heteroatoms. The van der Waals surface area contributed by atoms with Crippen molar-refractivity contribution in [3.05, 3.63) is 41.0 Å². The van der Waals surface area contributed by atoms with Crippen LogP contribution in [-0.2, 0) is 4.79 Å². The third-order valence-electron chi connectivity index (χ3n) is 4.20. The van der Waals surface area contributed by atoms with Crippen LogP contribution in [0.2, 0.25) is 0 Å². The van der Waals surface area contributed by atoms with E-state index in [2.05, 4.69) is 13.8 Å². The number of carbonyl (C=O) groups excluding carboxylic acids is 1. The van der Waals surface area contributed by atoms with Crippen LogP contribution in [0.4, 0.5) is 0 Å². The number of hydrogen-bond donors (Lipinski definition) is 1. The van der Waals surface area contributed by atoms with Crippen LogP contribution in [0.3, 0.4) is 0 Å². The van der Waals surface area contributed by atoms with Gasteiger partial charge < -0.3 is 10.0 Å². The van der Waals surface area contributed by atoms with Crippen molar-refractivity contribution in [2.45, 2.75) is 20.8 Å². The molecule has 21 heavy (non-hydrogen) atoms. The molecule has 0 spiro atoms. The molecule has 0 saturated carbocycles. The molecule has 0 radical (unpaired) electrons. The van der Waals surface area contributed by atoms with Gasteiger partial charge in [-0.15, -0.1) is 0 Å². The number of benzene rings is 1. The maximum Gasteiger partial charge on any atom is 0.328 e. The molecule has 1 aromatic carbocycles. The Balaban J connectivity index is 2.16. The fraction of sp³-hybridized carbons (Fsp3) is 0.412. The summed E-state index contributed by atoms with van der Waals surface area (Å²) in [4.78, 5) is 24.9. The normalized spacial score (nSPS) is 22.0. The molecule has 1 fully saturated rings. The first kappa shape index (κ1) is 15.3. The first-order valence-electron chi connectivity index (χ1n) is 7.19. The van der Waals surface area contributed by atoms with Crippen LogP contribution in [0.5, 0.6) is 0 Å². The number of carboxylic acids is 1. The largest absolute Gasteiger partial charge is 0.478 e. The summed E-state index contributed by atoms with van der Waals surface area (Å²) in [5.74, 6) is 0.151. The number of likely N-dealkylation sites (tertiary alicyclic amines) is 1. The van der Waals surface area contributed by atoms with E-state index in [1.165, 1.54) is 0 Å². The van der Waals surface area contributed by atoms with Gasteiger partial charge in [0.2, 0.25) is 0 Å². The van der Waals surface area contributed by atoms with Crippen molar-refractivity contribution in [3.8, 4) is 0 Å². The lowest BCUT2D eigenvalue weighted by atomic mass is 10.0. The number of carbonyl (C=O) groups is 2. The molecular weight excluding hydrogens is 266 g/mol. The molecule has 2 unspecified atom stereocenters. The average Bonchev–Trinajstić information content (AvgIpc) is 2.76. The van der Waals surface area contributed by atoms with Crippen molar-refractivity contribution in [3.63, 3.8) is 0 Å². The van der Waals surface area contributed by atoms with Crippen LogP contribution in [0, 0.1) is 18.8 Å². The van der Waals surface area contributed by atoms with Gasteiger partial charge in [0.1, 0.15) is 0 Å². The maximum atomic E-state index is 12.5. The number of hydrogen-bond acceptors (Lipinski definition) is 2. The van der Waals surface area contributed by atoms with Crippen molar-refractivity contribution in [1.29, 1.82) is 0 Å². The molecule has 2 rings (SSSR count). The van der Waals surface area contributed by atoms with Gasteiger partial charge >= 0.3 is 5.97 Å². The van der Waals surface area contributed by atoms with Gasteiger partial charge in [-0.3, -0.25) is 4.79 Å². The minimum Gasteiger partial charge on any atom is -0.478 e.